The van der Waals surface area contributed by atoms with Gasteiger partial charge in [-0.15, -0.1) is 5.10 Å². The van der Waals surface area contributed by atoms with Crippen molar-refractivity contribution in [1.82, 2.24) is 15.5 Å². The number of hydrogen-bond acceptors (Lipinski definition) is 6. The van der Waals surface area contributed by atoms with Gasteiger partial charge in [0.25, 0.3) is 5.91 Å². The van der Waals surface area contributed by atoms with Crippen LogP contribution in [0.25, 0.3) is 11.5 Å². The molecule has 1 amide bonds. The number of aromatic nitrogens is 2. The Bertz CT molecular complexity index is 773. The van der Waals surface area contributed by atoms with Gasteiger partial charge in [-0.2, -0.15) is 0 Å². The van der Waals surface area contributed by atoms with Crippen molar-refractivity contribution in [2.24, 2.45) is 17.8 Å². The highest BCUT2D eigenvalue weighted by atomic mass is 16.5. The number of nitrogen functional groups attached to an aromatic ring is 1. The minimum absolute atomic E-state index is 0.0119. The highest BCUT2D eigenvalue weighted by molar-refractivity contribution is 5.77. The number of hydrogen-bond donors (Lipinski definition) is 2. The van der Waals surface area contributed by atoms with Crippen LogP contribution in [0.2, 0.25) is 0 Å². The fraction of sp³-hybridized carbons (Fsp3) is 0.526. The van der Waals surface area contributed by atoms with Crippen molar-refractivity contribution in [2.45, 2.75) is 38.6 Å². The van der Waals surface area contributed by atoms with Crippen molar-refractivity contribution < 1.29 is 13.9 Å². The minimum atomic E-state index is -0.0750. The number of nitrogens with one attached hydrogen (secondary N) is 1. The molecule has 0 aliphatic heterocycles. The largest absolute Gasteiger partial charge is 0.484 e. The Morgan fingerprint density at radius 3 is 2.73 bits per heavy atom. The highest BCUT2D eigenvalue weighted by Crippen LogP contribution is 2.49. The van der Waals surface area contributed by atoms with E-state index in [2.05, 4.69) is 22.4 Å². The number of benzene rings is 1. The molecular formula is C19H24N4O3. The number of amides is 1. The number of anilines is 1. The highest BCUT2D eigenvalue weighted by Gasteiger charge is 2.42. The van der Waals surface area contributed by atoms with Gasteiger partial charge in [0.05, 0.1) is 0 Å². The zero-order valence-corrected chi connectivity index (χ0v) is 14.9. The van der Waals surface area contributed by atoms with Gasteiger partial charge in [0.15, 0.2) is 6.61 Å². The maximum absolute atomic E-state index is 12.2. The monoisotopic (exact) mass is 356 g/mol. The van der Waals surface area contributed by atoms with Crippen LogP contribution in [0.5, 0.6) is 5.75 Å². The summed E-state index contributed by atoms with van der Waals surface area (Å²) in [6.07, 6.45) is 5.30. The Balaban J connectivity index is 1.26. The molecule has 7 nitrogen and oxygen atoms in total. The normalized spacial score (nSPS) is 25.2. The fourth-order valence-electron chi connectivity index (χ4n) is 4.50. The first kappa shape index (κ1) is 16.9. The Morgan fingerprint density at radius 1 is 1.31 bits per heavy atom. The van der Waals surface area contributed by atoms with E-state index in [0.717, 1.165) is 17.4 Å². The van der Waals surface area contributed by atoms with E-state index in [-0.39, 0.29) is 24.6 Å². The lowest BCUT2D eigenvalue weighted by atomic mass is 9.84. The molecule has 1 aromatic heterocycles. The fourth-order valence-corrected chi connectivity index (χ4v) is 4.50. The molecule has 0 spiro atoms. The van der Waals surface area contributed by atoms with E-state index in [1.165, 1.54) is 25.7 Å². The van der Waals surface area contributed by atoms with Gasteiger partial charge in [0.1, 0.15) is 5.75 Å². The van der Waals surface area contributed by atoms with Crippen molar-refractivity contribution in [3.8, 4) is 17.2 Å². The van der Waals surface area contributed by atoms with Gasteiger partial charge in [0, 0.05) is 11.6 Å². The van der Waals surface area contributed by atoms with Gasteiger partial charge in [-0.1, -0.05) is 11.5 Å². The zero-order chi connectivity index (χ0) is 18.1. The molecule has 2 aromatic rings. The third kappa shape index (κ3) is 3.52. The van der Waals surface area contributed by atoms with Gasteiger partial charge >= 0.3 is 6.01 Å². The third-order valence-electron chi connectivity index (χ3n) is 5.74. The van der Waals surface area contributed by atoms with Crippen molar-refractivity contribution >= 4 is 11.9 Å². The maximum atomic E-state index is 12.2. The molecule has 0 saturated heterocycles. The Kier molecular flexibility index (Phi) is 4.53. The molecule has 138 valence electrons. The molecule has 2 bridgehead atoms. The van der Waals surface area contributed by atoms with Crippen LogP contribution < -0.4 is 15.8 Å². The van der Waals surface area contributed by atoms with Crippen molar-refractivity contribution in [3.05, 3.63) is 24.3 Å². The quantitative estimate of drug-likeness (QED) is 0.825. The molecule has 0 radical (unpaired) electrons. The summed E-state index contributed by atoms with van der Waals surface area (Å²) >= 11 is 0. The van der Waals surface area contributed by atoms with Crippen molar-refractivity contribution in [2.75, 3.05) is 12.3 Å². The van der Waals surface area contributed by atoms with Gasteiger partial charge in [0.2, 0.25) is 5.89 Å². The van der Waals surface area contributed by atoms with Gasteiger partial charge < -0.3 is 20.2 Å². The summed E-state index contributed by atoms with van der Waals surface area (Å²) in [7, 11) is 0. The Labute approximate surface area is 152 Å². The van der Waals surface area contributed by atoms with E-state index >= 15 is 0 Å². The molecule has 26 heavy (non-hydrogen) atoms. The standard InChI is InChI=1S/C19H24N4O3/c1-11(16-9-12-2-3-14(16)8-12)21-17(24)10-25-15-6-4-13(5-7-15)18-22-23-19(20)26-18/h4-7,11-12,14,16H,2-3,8-10H2,1H3,(H2,20,23)(H,21,24)/t11-,12-,14-,16+/m0/s1. The number of carbonyl (C=O) groups is 1. The third-order valence-corrected chi connectivity index (χ3v) is 5.74. The van der Waals surface area contributed by atoms with Crippen LogP contribution >= 0.6 is 0 Å². The van der Waals surface area contributed by atoms with E-state index in [9.17, 15) is 4.79 Å². The Hall–Kier alpha value is -2.57. The summed E-state index contributed by atoms with van der Waals surface area (Å²) in [6, 6.07) is 7.36. The second kappa shape index (κ2) is 6.97. The van der Waals surface area contributed by atoms with Crippen LogP contribution in [0.4, 0.5) is 6.01 Å². The van der Waals surface area contributed by atoms with Crippen LogP contribution in [-0.4, -0.2) is 28.8 Å². The topological polar surface area (TPSA) is 103 Å². The zero-order valence-electron chi connectivity index (χ0n) is 14.9. The summed E-state index contributed by atoms with van der Waals surface area (Å²) < 4.78 is 10.8. The van der Waals surface area contributed by atoms with Gasteiger partial charge in [-0.3, -0.25) is 4.79 Å². The SMILES string of the molecule is C[C@H](NC(=O)COc1ccc(-c2nnc(N)o2)cc1)[C@H]1C[C@H]2CC[C@H]1C2. The van der Waals surface area contributed by atoms with Crippen LogP contribution in [0.1, 0.15) is 32.6 Å². The van der Waals surface area contributed by atoms with E-state index < -0.39 is 0 Å². The average Bonchev–Trinajstić information content (AvgIpc) is 3.37. The number of ether oxygens (including phenoxy) is 1. The molecule has 4 atom stereocenters. The van der Waals surface area contributed by atoms with E-state index in [1.54, 1.807) is 24.3 Å². The smallest absolute Gasteiger partial charge is 0.313 e. The van der Waals surface area contributed by atoms with Crippen molar-refractivity contribution in [3.63, 3.8) is 0 Å². The summed E-state index contributed by atoms with van der Waals surface area (Å²) in [5.74, 6) is 3.19. The number of carbonyl (C=O) groups excluding carboxylic acids is 1. The van der Waals surface area contributed by atoms with E-state index in [0.29, 0.717) is 17.6 Å². The predicted molar refractivity (Wildman–Crippen MR) is 96.2 cm³/mol. The lowest BCUT2D eigenvalue weighted by Crippen LogP contribution is -2.42. The average molecular weight is 356 g/mol. The molecule has 2 fully saturated rings. The molecule has 0 unspecified atom stereocenters. The molecular weight excluding hydrogens is 332 g/mol. The molecule has 7 heteroatoms. The molecule has 1 heterocycles. The second-order valence-electron chi connectivity index (χ2n) is 7.45. The Morgan fingerprint density at radius 2 is 2.12 bits per heavy atom. The summed E-state index contributed by atoms with van der Waals surface area (Å²) in [5.41, 5.74) is 6.17. The van der Waals surface area contributed by atoms with Crippen LogP contribution in [0, 0.1) is 17.8 Å². The molecule has 2 aliphatic rings. The lowest BCUT2D eigenvalue weighted by molar-refractivity contribution is -0.124. The second-order valence-corrected chi connectivity index (χ2v) is 7.45. The van der Waals surface area contributed by atoms with E-state index in [4.69, 9.17) is 14.9 Å². The molecule has 2 saturated carbocycles. The summed E-state index contributed by atoms with van der Waals surface area (Å²) in [6.45, 7) is 2.13. The molecule has 1 aromatic carbocycles. The number of nitrogens with zero attached hydrogens (tertiary/aromatic N) is 2. The summed E-state index contributed by atoms with van der Waals surface area (Å²) in [5, 5.41) is 10.6. The first-order valence-electron chi connectivity index (χ1n) is 9.20. The number of nitrogens with two attached hydrogens (primary N) is 1. The van der Waals surface area contributed by atoms with Crippen LogP contribution in [0.15, 0.2) is 28.7 Å². The van der Waals surface area contributed by atoms with Gasteiger partial charge in [-0.05, 0) is 68.2 Å². The van der Waals surface area contributed by atoms with Crippen LogP contribution in [-0.2, 0) is 4.79 Å². The maximum Gasteiger partial charge on any atom is 0.313 e. The predicted octanol–water partition coefficient (Wildman–Crippen LogP) is 2.64. The van der Waals surface area contributed by atoms with Crippen LogP contribution in [0.3, 0.4) is 0 Å². The van der Waals surface area contributed by atoms with E-state index in [1.807, 2.05) is 0 Å². The molecule has 3 N–H and O–H groups in total. The number of fused-ring (bicyclic) bond motifs is 2. The number of rotatable bonds is 6. The first-order chi connectivity index (χ1) is 12.6. The minimum Gasteiger partial charge on any atom is -0.484 e. The lowest BCUT2D eigenvalue weighted by Gasteiger charge is -2.28. The molecule has 2 aliphatic carbocycles. The molecule has 4 rings (SSSR count). The first-order valence-corrected chi connectivity index (χ1v) is 9.20. The van der Waals surface area contributed by atoms with Crippen molar-refractivity contribution in [1.29, 1.82) is 0 Å². The summed E-state index contributed by atoms with van der Waals surface area (Å²) in [4.78, 5) is 12.2. The van der Waals surface area contributed by atoms with Gasteiger partial charge in [-0.25, -0.2) is 0 Å².